The van der Waals surface area contributed by atoms with Crippen molar-refractivity contribution in [2.75, 3.05) is 26.4 Å². The van der Waals surface area contributed by atoms with E-state index in [0.29, 0.717) is 48.7 Å². The van der Waals surface area contributed by atoms with Gasteiger partial charge in [0.1, 0.15) is 11.5 Å². The zero-order chi connectivity index (χ0) is 33.3. The third-order valence-electron chi connectivity index (χ3n) is 5.83. The van der Waals surface area contributed by atoms with Gasteiger partial charge >= 0.3 is 11.9 Å². The topological polar surface area (TPSA) is 187 Å². The van der Waals surface area contributed by atoms with E-state index in [1.54, 1.807) is 0 Å². The van der Waals surface area contributed by atoms with Crippen molar-refractivity contribution in [1.29, 1.82) is 0 Å². The first-order valence-electron chi connectivity index (χ1n) is 14.3. The highest BCUT2D eigenvalue weighted by Crippen LogP contribution is 2.14. The van der Waals surface area contributed by atoms with Gasteiger partial charge in [0, 0.05) is 11.1 Å². The SMILES string of the molecule is CCCOC(=O)c1ccc(OCC(=O)NNC(=O)c2ccc(C(=O)NNC(=O)COc3ccc(C(=O)OCCC)cc3)cc2)cc1. The van der Waals surface area contributed by atoms with Crippen LogP contribution >= 0.6 is 0 Å². The van der Waals surface area contributed by atoms with Gasteiger partial charge in [-0.1, -0.05) is 13.8 Å². The van der Waals surface area contributed by atoms with Crippen LogP contribution in [0.25, 0.3) is 0 Å². The molecule has 4 N–H and O–H groups in total. The van der Waals surface area contributed by atoms with E-state index in [1.165, 1.54) is 72.8 Å². The highest BCUT2D eigenvalue weighted by atomic mass is 16.5. The maximum atomic E-state index is 12.4. The molecule has 46 heavy (non-hydrogen) atoms. The molecule has 0 spiro atoms. The molecule has 0 aliphatic carbocycles. The number of carbonyl (C=O) groups is 6. The van der Waals surface area contributed by atoms with Crippen LogP contribution in [0.3, 0.4) is 0 Å². The Morgan fingerprint density at radius 2 is 0.804 bits per heavy atom. The molecule has 3 rings (SSSR count). The van der Waals surface area contributed by atoms with Crippen molar-refractivity contribution in [2.45, 2.75) is 26.7 Å². The van der Waals surface area contributed by atoms with Gasteiger partial charge in [0.15, 0.2) is 13.2 Å². The average Bonchev–Trinajstić information content (AvgIpc) is 3.09. The molecule has 0 heterocycles. The summed E-state index contributed by atoms with van der Waals surface area (Å²) in [5.41, 5.74) is 9.90. The molecule has 14 heteroatoms. The first-order chi connectivity index (χ1) is 22.2. The van der Waals surface area contributed by atoms with E-state index in [-0.39, 0.29) is 11.1 Å². The van der Waals surface area contributed by atoms with Crippen LogP contribution in [0, 0.1) is 0 Å². The Balaban J connectivity index is 1.35. The molecule has 0 aliphatic rings. The van der Waals surface area contributed by atoms with Gasteiger partial charge in [-0.3, -0.25) is 40.9 Å². The summed E-state index contributed by atoms with van der Waals surface area (Å²) in [5, 5.41) is 0. The maximum Gasteiger partial charge on any atom is 0.338 e. The second-order valence-corrected chi connectivity index (χ2v) is 9.48. The predicted octanol–water partition coefficient (Wildman–Crippen LogP) is 2.50. The number of carbonyl (C=O) groups excluding carboxylic acids is 6. The average molecular weight is 635 g/mol. The number of ether oxygens (including phenoxy) is 4. The molecule has 14 nitrogen and oxygen atoms in total. The van der Waals surface area contributed by atoms with Crippen LogP contribution in [-0.4, -0.2) is 62.0 Å². The number of amides is 4. The molecule has 4 amide bonds. The van der Waals surface area contributed by atoms with E-state index in [4.69, 9.17) is 18.9 Å². The lowest BCUT2D eigenvalue weighted by atomic mass is 10.1. The second-order valence-electron chi connectivity index (χ2n) is 9.48. The summed E-state index contributed by atoms with van der Waals surface area (Å²) in [6.07, 6.45) is 1.42. The summed E-state index contributed by atoms with van der Waals surface area (Å²) in [5.74, 6) is -2.81. The smallest absolute Gasteiger partial charge is 0.338 e. The minimum Gasteiger partial charge on any atom is -0.484 e. The number of rotatable bonds is 14. The van der Waals surface area contributed by atoms with Crippen LogP contribution in [0.5, 0.6) is 11.5 Å². The molecule has 0 aliphatic heterocycles. The largest absolute Gasteiger partial charge is 0.484 e. The van der Waals surface area contributed by atoms with Crippen molar-refractivity contribution in [2.24, 2.45) is 0 Å². The minimum absolute atomic E-state index is 0.144. The molecule has 0 fully saturated rings. The predicted molar refractivity (Wildman–Crippen MR) is 163 cm³/mol. The van der Waals surface area contributed by atoms with Crippen LogP contribution < -0.4 is 31.2 Å². The van der Waals surface area contributed by atoms with Crippen molar-refractivity contribution in [1.82, 2.24) is 21.7 Å². The van der Waals surface area contributed by atoms with Crippen LogP contribution in [0.4, 0.5) is 0 Å². The Morgan fingerprint density at radius 1 is 0.478 bits per heavy atom. The highest BCUT2D eigenvalue weighted by Gasteiger charge is 2.13. The molecule has 0 saturated carbocycles. The van der Waals surface area contributed by atoms with E-state index >= 15 is 0 Å². The molecule has 0 atom stereocenters. The summed E-state index contributed by atoms with van der Waals surface area (Å²) in [6.45, 7) is 3.60. The molecular weight excluding hydrogens is 600 g/mol. The number of esters is 2. The lowest BCUT2D eigenvalue weighted by molar-refractivity contribution is -0.124. The molecule has 3 aromatic rings. The van der Waals surface area contributed by atoms with Crippen molar-refractivity contribution in [3.05, 3.63) is 95.1 Å². The van der Waals surface area contributed by atoms with Gasteiger partial charge in [-0.25, -0.2) is 9.59 Å². The van der Waals surface area contributed by atoms with E-state index < -0.39 is 48.8 Å². The van der Waals surface area contributed by atoms with Crippen molar-refractivity contribution >= 4 is 35.6 Å². The van der Waals surface area contributed by atoms with Crippen LogP contribution in [0.15, 0.2) is 72.8 Å². The van der Waals surface area contributed by atoms with Crippen molar-refractivity contribution in [3.63, 3.8) is 0 Å². The van der Waals surface area contributed by atoms with Crippen LogP contribution in [-0.2, 0) is 19.1 Å². The fourth-order valence-corrected chi connectivity index (χ4v) is 3.47. The molecule has 0 unspecified atom stereocenters. The number of benzene rings is 3. The summed E-state index contributed by atoms with van der Waals surface area (Å²) >= 11 is 0. The monoisotopic (exact) mass is 634 g/mol. The summed E-state index contributed by atoms with van der Waals surface area (Å²) in [6, 6.07) is 17.5. The third kappa shape index (κ3) is 11.3. The standard InChI is InChI=1S/C32H34N4O10/c1-3-17-43-31(41)23-9-13-25(14-10-23)45-19-27(37)33-35-29(39)21-5-7-22(8-6-21)30(40)36-34-28(38)20-46-26-15-11-24(12-16-26)32(42)44-18-4-2/h5-16H,3-4,17-20H2,1-2H3,(H,33,37)(H,34,38)(H,35,39)(H,36,40). The van der Waals surface area contributed by atoms with Crippen molar-refractivity contribution in [3.8, 4) is 11.5 Å². The Hall–Kier alpha value is -5.92. The summed E-state index contributed by atoms with van der Waals surface area (Å²) in [4.78, 5) is 72.6. The number of hydrogen-bond donors (Lipinski definition) is 4. The highest BCUT2D eigenvalue weighted by molar-refractivity contribution is 5.99. The second kappa shape index (κ2) is 18.0. The molecule has 0 saturated heterocycles. The van der Waals surface area contributed by atoms with Gasteiger partial charge in [-0.15, -0.1) is 0 Å². The Labute approximate surface area is 264 Å². The quantitative estimate of drug-likeness (QED) is 0.152. The zero-order valence-electron chi connectivity index (χ0n) is 25.3. The number of hydrogen-bond acceptors (Lipinski definition) is 10. The zero-order valence-corrected chi connectivity index (χ0v) is 25.3. The van der Waals surface area contributed by atoms with E-state index in [1.807, 2.05) is 13.8 Å². The van der Waals surface area contributed by atoms with Crippen LogP contribution in [0.1, 0.15) is 68.1 Å². The molecule has 242 valence electrons. The maximum absolute atomic E-state index is 12.4. The normalized spacial score (nSPS) is 10.1. The van der Waals surface area contributed by atoms with Crippen LogP contribution in [0.2, 0.25) is 0 Å². The lowest BCUT2D eigenvalue weighted by Gasteiger charge is -2.10. The van der Waals surface area contributed by atoms with Gasteiger partial charge in [0.05, 0.1) is 24.3 Å². The fourth-order valence-electron chi connectivity index (χ4n) is 3.47. The number of nitrogens with one attached hydrogen (secondary N) is 4. The van der Waals surface area contributed by atoms with Gasteiger partial charge in [-0.05, 0) is 85.6 Å². The van der Waals surface area contributed by atoms with Gasteiger partial charge in [-0.2, -0.15) is 0 Å². The van der Waals surface area contributed by atoms with Gasteiger partial charge < -0.3 is 18.9 Å². The first kappa shape index (κ1) is 34.6. The first-order valence-corrected chi connectivity index (χ1v) is 14.3. The minimum atomic E-state index is -0.647. The molecular formula is C32H34N4O10. The number of hydrazine groups is 2. The molecule has 0 bridgehead atoms. The molecule has 3 aromatic carbocycles. The Kier molecular flexibility index (Phi) is 13.5. The van der Waals surface area contributed by atoms with E-state index in [9.17, 15) is 28.8 Å². The lowest BCUT2D eigenvalue weighted by Crippen LogP contribution is -2.44. The molecule has 0 radical (unpaired) electrons. The van der Waals surface area contributed by atoms with E-state index in [2.05, 4.69) is 21.7 Å². The van der Waals surface area contributed by atoms with Gasteiger partial charge in [0.2, 0.25) is 0 Å². The molecule has 0 aromatic heterocycles. The summed E-state index contributed by atoms with van der Waals surface area (Å²) in [7, 11) is 0. The third-order valence-corrected chi connectivity index (χ3v) is 5.83. The Morgan fingerprint density at radius 3 is 1.13 bits per heavy atom. The van der Waals surface area contributed by atoms with Gasteiger partial charge in [0.25, 0.3) is 23.6 Å². The van der Waals surface area contributed by atoms with E-state index in [0.717, 1.165) is 0 Å². The van der Waals surface area contributed by atoms with Crippen molar-refractivity contribution < 1.29 is 47.7 Å². The Bertz CT molecular complexity index is 1390. The summed E-state index contributed by atoms with van der Waals surface area (Å²) < 4.78 is 20.8. The fraction of sp³-hybridized carbons (Fsp3) is 0.250.